The molecule has 0 fully saturated rings. The van der Waals surface area contributed by atoms with Crippen LogP contribution in [0.25, 0.3) is 0 Å². The van der Waals surface area contributed by atoms with Crippen LogP contribution in [0.1, 0.15) is 0 Å². The first-order valence-corrected chi connectivity index (χ1v) is 5.90. The van der Waals surface area contributed by atoms with E-state index in [-0.39, 0.29) is 11.7 Å². The molecule has 0 aromatic rings. The number of allylic oxidation sites excluding steroid dienone is 12. The molecule has 0 saturated carbocycles. The zero-order valence-corrected chi connectivity index (χ0v) is 9.41. The maximum atomic E-state index is 11.6. The molecule has 0 saturated heterocycles. The fourth-order valence-corrected chi connectivity index (χ4v) is 2.59. The van der Waals surface area contributed by atoms with Gasteiger partial charge in [0.05, 0.1) is 0 Å². The molecule has 3 aliphatic carbocycles. The van der Waals surface area contributed by atoms with Crippen molar-refractivity contribution in [3.63, 3.8) is 0 Å². The van der Waals surface area contributed by atoms with Gasteiger partial charge in [-0.25, -0.2) is 0 Å². The molecule has 0 amide bonds. The third kappa shape index (κ3) is 1.89. The van der Waals surface area contributed by atoms with E-state index < -0.39 is 0 Å². The van der Waals surface area contributed by atoms with Crippen LogP contribution in [0.5, 0.6) is 0 Å². The summed E-state index contributed by atoms with van der Waals surface area (Å²) < 4.78 is 0. The van der Waals surface area contributed by atoms with Crippen LogP contribution in [-0.4, -0.2) is 5.78 Å². The predicted molar refractivity (Wildman–Crippen MR) is 67.9 cm³/mol. The van der Waals surface area contributed by atoms with Crippen LogP contribution in [0.3, 0.4) is 0 Å². The predicted octanol–water partition coefficient (Wildman–Crippen LogP) is 2.96. The topological polar surface area (TPSA) is 17.1 Å². The Balaban J connectivity index is 2.06. The van der Waals surface area contributed by atoms with Gasteiger partial charge in [-0.15, -0.1) is 0 Å². The largest absolute Gasteiger partial charge is 0.289 e. The van der Waals surface area contributed by atoms with Crippen LogP contribution in [0, 0.1) is 23.8 Å². The lowest BCUT2D eigenvalue weighted by molar-refractivity contribution is -0.111. The van der Waals surface area contributed by atoms with Gasteiger partial charge in [-0.2, -0.15) is 0 Å². The molecule has 3 aliphatic rings. The number of carbonyl (C=O) groups is 1. The summed E-state index contributed by atoms with van der Waals surface area (Å²) in [5.74, 6) is 0.932. The van der Waals surface area contributed by atoms with Gasteiger partial charge in [0.25, 0.3) is 0 Å². The molecule has 0 spiro atoms. The number of carbonyl (C=O) groups excluding carboxylic acids is 1. The van der Waals surface area contributed by atoms with Gasteiger partial charge in [0.2, 0.25) is 0 Å². The Hall–Kier alpha value is -1.89. The van der Waals surface area contributed by atoms with Crippen molar-refractivity contribution in [1.29, 1.82) is 0 Å². The number of ketones is 1. The minimum absolute atomic E-state index is 0.0358. The maximum Gasteiger partial charge on any atom is 0.186 e. The van der Waals surface area contributed by atoms with Gasteiger partial charge >= 0.3 is 0 Å². The summed E-state index contributed by atoms with van der Waals surface area (Å²) >= 11 is 0. The monoisotopic (exact) mass is 221 g/mol. The molecule has 1 radical (unpaired) electrons. The van der Waals surface area contributed by atoms with E-state index in [1.54, 1.807) is 6.08 Å². The molecule has 0 N–H and O–H groups in total. The minimum atomic E-state index is -0.0358. The highest BCUT2D eigenvalue weighted by Crippen LogP contribution is 2.36. The zero-order chi connectivity index (χ0) is 11.7. The standard InChI is InChI=1S/C16H13O/c17-14-10-9-12-5-1-3-7-15(12)16-8-4-2-6-13(16)11-14/h1-10,12,15-16H/b10-9-,13-11?. The number of fused-ring (bicyclic) bond motifs is 3. The van der Waals surface area contributed by atoms with Gasteiger partial charge in [-0.1, -0.05) is 54.7 Å². The number of hydrogen-bond acceptors (Lipinski definition) is 1. The second kappa shape index (κ2) is 4.17. The van der Waals surface area contributed by atoms with Gasteiger partial charge in [0.1, 0.15) is 0 Å². The Kier molecular flexibility index (Phi) is 2.52. The third-order valence-electron chi connectivity index (χ3n) is 3.44. The summed E-state index contributed by atoms with van der Waals surface area (Å²) in [6.45, 7) is 0. The Bertz CT molecular complexity index is 512. The van der Waals surface area contributed by atoms with Crippen LogP contribution in [-0.2, 0) is 4.79 Å². The molecule has 0 heterocycles. The Morgan fingerprint density at radius 3 is 2.65 bits per heavy atom. The molecule has 3 rings (SSSR count). The molecule has 0 bridgehead atoms. The quantitative estimate of drug-likeness (QED) is 0.614. The lowest BCUT2D eigenvalue weighted by Gasteiger charge is -2.31. The van der Waals surface area contributed by atoms with Crippen LogP contribution in [0.2, 0.25) is 0 Å². The second-order valence-corrected chi connectivity index (χ2v) is 4.50. The summed E-state index contributed by atoms with van der Waals surface area (Å²) in [6, 6.07) is 0. The van der Waals surface area contributed by atoms with Gasteiger partial charge < -0.3 is 0 Å². The van der Waals surface area contributed by atoms with Gasteiger partial charge in [-0.3, -0.25) is 4.79 Å². The summed E-state index contributed by atoms with van der Waals surface area (Å²) in [6.07, 6.45) is 23.3. The summed E-state index contributed by atoms with van der Waals surface area (Å²) in [7, 11) is 0. The van der Waals surface area contributed by atoms with E-state index in [0.29, 0.717) is 11.8 Å². The van der Waals surface area contributed by atoms with Crippen molar-refractivity contribution in [2.24, 2.45) is 17.8 Å². The van der Waals surface area contributed by atoms with E-state index in [1.165, 1.54) is 0 Å². The van der Waals surface area contributed by atoms with E-state index >= 15 is 0 Å². The van der Waals surface area contributed by atoms with Crippen molar-refractivity contribution in [3.8, 4) is 0 Å². The van der Waals surface area contributed by atoms with Crippen molar-refractivity contribution in [3.05, 3.63) is 72.4 Å². The Labute approximate surface area is 101 Å². The van der Waals surface area contributed by atoms with Crippen molar-refractivity contribution >= 4 is 5.78 Å². The van der Waals surface area contributed by atoms with Gasteiger partial charge in [0, 0.05) is 17.9 Å². The average Bonchev–Trinajstić information content (AvgIpc) is 2.36. The van der Waals surface area contributed by atoms with Crippen LogP contribution in [0.4, 0.5) is 0 Å². The normalized spacial score (nSPS) is 38.7. The smallest absolute Gasteiger partial charge is 0.186 e. The maximum absolute atomic E-state index is 11.6. The highest BCUT2D eigenvalue weighted by molar-refractivity contribution is 5.96. The highest BCUT2D eigenvalue weighted by atomic mass is 16.1. The van der Waals surface area contributed by atoms with Crippen LogP contribution >= 0.6 is 0 Å². The third-order valence-corrected chi connectivity index (χ3v) is 3.44. The molecular formula is C16H13O. The Morgan fingerprint density at radius 2 is 1.71 bits per heavy atom. The van der Waals surface area contributed by atoms with Crippen LogP contribution < -0.4 is 0 Å². The average molecular weight is 221 g/mol. The van der Waals surface area contributed by atoms with Gasteiger partial charge in [0.15, 0.2) is 5.78 Å². The first-order valence-electron chi connectivity index (χ1n) is 5.90. The molecule has 17 heavy (non-hydrogen) atoms. The summed E-state index contributed by atoms with van der Waals surface area (Å²) in [5, 5.41) is 0. The van der Waals surface area contributed by atoms with Crippen molar-refractivity contribution in [1.82, 2.24) is 0 Å². The minimum Gasteiger partial charge on any atom is -0.289 e. The molecule has 0 aromatic heterocycles. The molecule has 0 aromatic carbocycles. The van der Waals surface area contributed by atoms with E-state index in [0.717, 1.165) is 5.57 Å². The summed E-state index contributed by atoms with van der Waals surface area (Å²) in [4.78, 5) is 11.6. The van der Waals surface area contributed by atoms with Crippen molar-refractivity contribution in [2.45, 2.75) is 0 Å². The first-order chi connectivity index (χ1) is 8.34. The van der Waals surface area contributed by atoms with Crippen molar-refractivity contribution < 1.29 is 4.79 Å². The first kappa shape index (κ1) is 10.3. The second-order valence-electron chi connectivity index (χ2n) is 4.50. The number of hydrogen-bond donors (Lipinski definition) is 0. The lowest BCUT2D eigenvalue weighted by Crippen LogP contribution is -2.23. The lowest BCUT2D eigenvalue weighted by atomic mass is 9.73. The van der Waals surface area contributed by atoms with E-state index in [2.05, 4.69) is 36.5 Å². The fraction of sp³-hybridized carbons (Fsp3) is 0.188. The molecule has 1 nitrogen and oxygen atoms in total. The molecule has 1 heteroatoms. The Morgan fingerprint density at radius 1 is 0.882 bits per heavy atom. The molecule has 3 unspecified atom stereocenters. The SMILES string of the molecule is O=C1/[C]=C2/C=CC=CC2C2C=CC=CC2/C=C\1. The van der Waals surface area contributed by atoms with Crippen LogP contribution in [0.15, 0.2) is 66.3 Å². The van der Waals surface area contributed by atoms with E-state index in [1.807, 2.05) is 24.3 Å². The molecule has 3 atom stereocenters. The number of rotatable bonds is 0. The van der Waals surface area contributed by atoms with E-state index in [4.69, 9.17) is 0 Å². The van der Waals surface area contributed by atoms with E-state index in [9.17, 15) is 4.79 Å². The zero-order valence-electron chi connectivity index (χ0n) is 9.41. The summed E-state index contributed by atoms with van der Waals surface area (Å²) in [5.41, 5.74) is 0.997. The molecular weight excluding hydrogens is 208 g/mol. The molecule has 83 valence electrons. The van der Waals surface area contributed by atoms with Crippen molar-refractivity contribution in [2.75, 3.05) is 0 Å². The fourth-order valence-electron chi connectivity index (χ4n) is 2.59. The molecule has 0 aliphatic heterocycles. The van der Waals surface area contributed by atoms with Gasteiger partial charge in [-0.05, 0) is 17.6 Å². The highest BCUT2D eigenvalue weighted by Gasteiger charge is 2.28.